The number of carbonyl (C=O) groups excluding carboxylic acids is 1. The van der Waals surface area contributed by atoms with Crippen molar-refractivity contribution in [3.63, 3.8) is 0 Å². The van der Waals surface area contributed by atoms with Gasteiger partial charge < -0.3 is 15.4 Å². The fraction of sp³-hybridized carbons (Fsp3) is 0.364. The lowest BCUT2D eigenvalue weighted by Gasteiger charge is -2.36. The van der Waals surface area contributed by atoms with Crippen LogP contribution in [0.3, 0.4) is 0 Å². The maximum atomic E-state index is 11.3. The van der Waals surface area contributed by atoms with E-state index in [1.165, 1.54) is 0 Å². The van der Waals surface area contributed by atoms with Crippen LogP contribution in [0.25, 0.3) is 0 Å². The van der Waals surface area contributed by atoms with Gasteiger partial charge in [0.2, 0.25) is 5.91 Å². The minimum absolute atomic E-state index is 0.0147. The summed E-state index contributed by atoms with van der Waals surface area (Å²) < 4.78 is 5.21. The van der Waals surface area contributed by atoms with Crippen LogP contribution in [0, 0.1) is 0 Å². The van der Waals surface area contributed by atoms with Crippen LogP contribution in [-0.4, -0.2) is 30.5 Å². The Morgan fingerprint density at radius 3 is 2.87 bits per heavy atom. The van der Waals surface area contributed by atoms with E-state index in [-0.39, 0.29) is 11.9 Å². The molecule has 1 aromatic rings. The van der Waals surface area contributed by atoms with Gasteiger partial charge in [-0.1, -0.05) is 18.2 Å². The fourth-order valence-electron chi connectivity index (χ4n) is 1.71. The molecule has 4 heteroatoms. The number of rotatable bonds is 3. The summed E-state index contributed by atoms with van der Waals surface area (Å²) in [7, 11) is 1.63. The number of hydrogen-bond donors (Lipinski definition) is 1. The van der Waals surface area contributed by atoms with E-state index in [2.05, 4.69) is 0 Å². The highest BCUT2D eigenvalue weighted by atomic mass is 16.5. The van der Waals surface area contributed by atoms with Crippen LogP contribution >= 0.6 is 0 Å². The molecule has 1 atom stereocenters. The Balaban J connectivity index is 2.08. The zero-order valence-corrected chi connectivity index (χ0v) is 8.64. The Labute approximate surface area is 88.6 Å². The number of β-lactam (4-membered cyclic amide) rings is 1. The predicted molar refractivity (Wildman–Crippen MR) is 56.4 cm³/mol. The zero-order valence-electron chi connectivity index (χ0n) is 8.64. The molecule has 2 N–H and O–H groups in total. The summed E-state index contributed by atoms with van der Waals surface area (Å²) in [5.41, 5.74) is 6.53. The molecule has 15 heavy (non-hydrogen) atoms. The molecule has 1 aliphatic rings. The van der Waals surface area contributed by atoms with E-state index >= 15 is 0 Å². The second-order valence-corrected chi connectivity index (χ2v) is 3.64. The molecule has 80 valence electrons. The highest BCUT2D eigenvalue weighted by molar-refractivity contribution is 5.87. The van der Waals surface area contributed by atoms with Crippen LogP contribution in [0.5, 0.6) is 5.75 Å². The van der Waals surface area contributed by atoms with Gasteiger partial charge in [-0.15, -0.1) is 0 Å². The summed E-state index contributed by atoms with van der Waals surface area (Å²) in [5.74, 6) is 0.826. The van der Waals surface area contributed by atoms with Crippen molar-refractivity contribution >= 4 is 5.91 Å². The number of methoxy groups -OCH3 is 1. The van der Waals surface area contributed by atoms with Crippen molar-refractivity contribution < 1.29 is 9.53 Å². The monoisotopic (exact) mass is 206 g/mol. The first-order valence-electron chi connectivity index (χ1n) is 4.88. The molecule has 4 nitrogen and oxygen atoms in total. The zero-order chi connectivity index (χ0) is 10.8. The average Bonchev–Trinajstić information content (AvgIpc) is 2.29. The second kappa shape index (κ2) is 3.90. The van der Waals surface area contributed by atoms with E-state index in [4.69, 9.17) is 10.5 Å². The smallest absolute Gasteiger partial charge is 0.241 e. The minimum atomic E-state index is -0.306. The Morgan fingerprint density at radius 1 is 1.53 bits per heavy atom. The van der Waals surface area contributed by atoms with Gasteiger partial charge in [0.1, 0.15) is 11.8 Å². The normalized spacial score (nSPS) is 20.0. The summed E-state index contributed by atoms with van der Waals surface area (Å²) in [5, 5.41) is 0. The van der Waals surface area contributed by atoms with Crippen LogP contribution in [0.4, 0.5) is 0 Å². The van der Waals surface area contributed by atoms with Gasteiger partial charge in [-0.05, 0) is 6.07 Å². The Hall–Kier alpha value is -1.55. The number of hydrogen-bond acceptors (Lipinski definition) is 3. The standard InChI is InChI=1S/C11H14N2O2/c1-15-10-5-3-2-4-8(10)6-13-7-9(12)11(13)14/h2-5,9H,6-7,12H2,1H3. The van der Waals surface area contributed by atoms with Gasteiger partial charge in [0.25, 0.3) is 0 Å². The predicted octanol–water partition coefficient (Wildman–Crippen LogP) is 0.365. The van der Waals surface area contributed by atoms with E-state index in [0.717, 1.165) is 11.3 Å². The molecule has 0 saturated carbocycles. The summed E-state index contributed by atoms with van der Waals surface area (Å²) in [4.78, 5) is 13.1. The van der Waals surface area contributed by atoms with Crippen molar-refractivity contribution in [2.75, 3.05) is 13.7 Å². The molecule has 1 unspecified atom stereocenters. The lowest BCUT2D eigenvalue weighted by atomic mass is 10.1. The molecule has 1 fully saturated rings. The summed E-state index contributed by atoms with van der Waals surface area (Å²) in [6.07, 6.45) is 0. The number of amides is 1. The van der Waals surface area contributed by atoms with E-state index in [9.17, 15) is 4.79 Å². The molecular formula is C11H14N2O2. The Kier molecular flexibility index (Phi) is 2.60. The largest absolute Gasteiger partial charge is 0.496 e. The number of likely N-dealkylation sites (tertiary alicyclic amines) is 1. The van der Waals surface area contributed by atoms with Gasteiger partial charge in [-0.2, -0.15) is 0 Å². The lowest BCUT2D eigenvalue weighted by Crippen LogP contribution is -2.60. The number of ether oxygens (including phenoxy) is 1. The molecule has 1 aromatic carbocycles. The number of nitrogens with zero attached hydrogens (tertiary/aromatic N) is 1. The molecule has 0 bridgehead atoms. The van der Waals surface area contributed by atoms with Crippen molar-refractivity contribution in [1.29, 1.82) is 0 Å². The van der Waals surface area contributed by atoms with Gasteiger partial charge in [0.05, 0.1) is 7.11 Å². The summed E-state index contributed by atoms with van der Waals surface area (Å²) in [6.45, 7) is 1.22. The lowest BCUT2D eigenvalue weighted by molar-refractivity contribution is -0.143. The quantitative estimate of drug-likeness (QED) is 0.727. The molecule has 1 aliphatic heterocycles. The van der Waals surface area contributed by atoms with Crippen molar-refractivity contribution in [3.05, 3.63) is 29.8 Å². The van der Waals surface area contributed by atoms with Gasteiger partial charge >= 0.3 is 0 Å². The SMILES string of the molecule is COc1ccccc1CN1CC(N)C1=O. The highest BCUT2D eigenvalue weighted by Crippen LogP contribution is 2.21. The molecule has 0 aromatic heterocycles. The van der Waals surface area contributed by atoms with Crippen molar-refractivity contribution in [2.45, 2.75) is 12.6 Å². The first-order valence-corrected chi connectivity index (χ1v) is 4.88. The van der Waals surface area contributed by atoms with Gasteiger partial charge in [0.15, 0.2) is 0 Å². The summed E-state index contributed by atoms with van der Waals surface area (Å²) in [6, 6.07) is 7.38. The average molecular weight is 206 g/mol. The summed E-state index contributed by atoms with van der Waals surface area (Å²) >= 11 is 0. The highest BCUT2D eigenvalue weighted by Gasteiger charge is 2.33. The molecule has 2 rings (SSSR count). The Bertz CT molecular complexity index is 379. The number of benzene rings is 1. The van der Waals surface area contributed by atoms with Gasteiger partial charge in [0, 0.05) is 18.7 Å². The third-order valence-corrected chi connectivity index (χ3v) is 2.60. The van der Waals surface area contributed by atoms with Crippen molar-refractivity contribution in [3.8, 4) is 5.75 Å². The topological polar surface area (TPSA) is 55.6 Å². The minimum Gasteiger partial charge on any atom is -0.496 e. The second-order valence-electron chi connectivity index (χ2n) is 3.64. The molecule has 0 radical (unpaired) electrons. The van der Waals surface area contributed by atoms with Crippen molar-refractivity contribution in [2.24, 2.45) is 5.73 Å². The van der Waals surface area contributed by atoms with E-state index in [1.807, 2.05) is 24.3 Å². The molecule has 1 heterocycles. The van der Waals surface area contributed by atoms with Crippen LogP contribution in [-0.2, 0) is 11.3 Å². The van der Waals surface area contributed by atoms with E-state index in [0.29, 0.717) is 13.1 Å². The molecule has 1 saturated heterocycles. The molecule has 1 amide bonds. The van der Waals surface area contributed by atoms with Crippen molar-refractivity contribution in [1.82, 2.24) is 4.90 Å². The third kappa shape index (κ3) is 1.80. The van der Waals surface area contributed by atoms with Crippen LogP contribution in [0.15, 0.2) is 24.3 Å². The maximum absolute atomic E-state index is 11.3. The number of carbonyl (C=O) groups is 1. The fourth-order valence-corrected chi connectivity index (χ4v) is 1.71. The molecule has 0 spiro atoms. The van der Waals surface area contributed by atoms with Crippen LogP contribution in [0.2, 0.25) is 0 Å². The van der Waals surface area contributed by atoms with E-state index < -0.39 is 0 Å². The van der Waals surface area contributed by atoms with Crippen LogP contribution in [0.1, 0.15) is 5.56 Å². The molecule has 0 aliphatic carbocycles. The number of para-hydroxylation sites is 1. The third-order valence-electron chi connectivity index (χ3n) is 2.60. The number of nitrogens with two attached hydrogens (primary N) is 1. The van der Waals surface area contributed by atoms with E-state index in [1.54, 1.807) is 12.0 Å². The van der Waals surface area contributed by atoms with Crippen LogP contribution < -0.4 is 10.5 Å². The molecular weight excluding hydrogens is 192 g/mol. The Morgan fingerprint density at radius 2 is 2.27 bits per heavy atom. The van der Waals surface area contributed by atoms with Gasteiger partial charge in [-0.3, -0.25) is 4.79 Å². The van der Waals surface area contributed by atoms with Gasteiger partial charge in [-0.25, -0.2) is 0 Å². The maximum Gasteiger partial charge on any atom is 0.241 e. The first kappa shape index (κ1) is 9.98. The first-order chi connectivity index (χ1) is 7.22.